The third kappa shape index (κ3) is 3.50. The van der Waals surface area contributed by atoms with Gasteiger partial charge in [-0.3, -0.25) is 4.79 Å². The van der Waals surface area contributed by atoms with Gasteiger partial charge in [-0.1, -0.05) is 54.1 Å². The summed E-state index contributed by atoms with van der Waals surface area (Å²) in [4.78, 5) is 29.4. The number of aromatic nitrogens is 4. The zero-order valence-corrected chi connectivity index (χ0v) is 20.0. The molecule has 2 aromatic carbocycles. The first-order valence-corrected chi connectivity index (χ1v) is 12.4. The highest BCUT2D eigenvalue weighted by molar-refractivity contribution is 5.85. The molecule has 0 saturated carbocycles. The van der Waals surface area contributed by atoms with Crippen molar-refractivity contribution >= 4 is 17.0 Å². The highest BCUT2D eigenvalue weighted by atomic mass is 16.4. The molecule has 7 nitrogen and oxygen atoms in total. The molecule has 1 saturated heterocycles. The van der Waals surface area contributed by atoms with Crippen LogP contribution in [0.15, 0.2) is 82.0 Å². The van der Waals surface area contributed by atoms with E-state index in [0.717, 1.165) is 48.7 Å². The van der Waals surface area contributed by atoms with Crippen molar-refractivity contribution in [3.63, 3.8) is 0 Å². The molecule has 5 aromatic rings. The maximum absolute atomic E-state index is 12.5. The highest BCUT2D eigenvalue weighted by Gasteiger charge is 2.36. The van der Waals surface area contributed by atoms with Crippen LogP contribution in [-0.2, 0) is 6.54 Å². The van der Waals surface area contributed by atoms with Crippen molar-refractivity contribution in [2.75, 3.05) is 18.0 Å². The molecule has 2 unspecified atom stereocenters. The fourth-order valence-corrected chi connectivity index (χ4v) is 5.63. The van der Waals surface area contributed by atoms with Gasteiger partial charge < -0.3 is 13.9 Å². The smallest absolute Gasteiger partial charge is 0.250 e. The lowest BCUT2D eigenvalue weighted by Gasteiger charge is -2.43. The van der Waals surface area contributed by atoms with Gasteiger partial charge in [-0.15, -0.1) is 0 Å². The quantitative estimate of drug-likeness (QED) is 0.364. The molecule has 2 atom stereocenters. The van der Waals surface area contributed by atoms with E-state index in [1.165, 1.54) is 5.56 Å². The molecule has 7 rings (SSSR count). The van der Waals surface area contributed by atoms with Crippen LogP contribution in [-0.4, -0.2) is 32.6 Å². The van der Waals surface area contributed by atoms with Crippen molar-refractivity contribution in [1.82, 2.24) is 19.5 Å². The summed E-state index contributed by atoms with van der Waals surface area (Å²) in [6, 6.07) is 23.7. The third-order valence-electron chi connectivity index (χ3n) is 7.35. The van der Waals surface area contributed by atoms with Crippen molar-refractivity contribution in [1.29, 1.82) is 0 Å². The molecule has 5 heterocycles. The van der Waals surface area contributed by atoms with Crippen LogP contribution in [0.5, 0.6) is 0 Å². The lowest BCUT2D eigenvalue weighted by molar-refractivity contribution is 0.280. The fraction of sp³-hybridized carbons (Fsp3) is 0.241. The molecule has 178 valence electrons. The van der Waals surface area contributed by atoms with E-state index in [1.807, 2.05) is 53.1 Å². The summed E-state index contributed by atoms with van der Waals surface area (Å²) < 4.78 is 8.28. The van der Waals surface area contributed by atoms with Crippen LogP contribution in [0, 0.1) is 12.8 Å². The SMILES string of the molecule is Cc1ccc(-c2nc(N3CC4CC(C3)c3cccc(=O)n3C4)c3oc(-c4ccccc4)nc3n2)cc1. The van der Waals surface area contributed by atoms with Crippen molar-refractivity contribution in [3.8, 4) is 22.8 Å². The van der Waals surface area contributed by atoms with Crippen LogP contribution in [0.1, 0.15) is 23.6 Å². The number of rotatable bonds is 3. The van der Waals surface area contributed by atoms with Crippen LogP contribution in [0.2, 0.25) is 0 Å². The topological polar surface area (TPSA) is 77.0 Å². The molecule has 2 aliphatic heterocycles. The largest absolute Gasteiger partial charge is 0.430 e. The summed E-state index contributed by atoms with van der Waals surface area (Å²) in [6.07, 6.45) is 1.07. The van der Waals surface area contributed by atoms with E-state index in [1.54, 1.807) is 6.07 Å². The van der Waals surface area contributed by atoms with Gasteiger partial charge >= 0.3 is 0 Å². The minimum atomic E-state index is 0.0875. The Labute approximate surface area is 208 Å². The Kier molecular flexibility index (Phi) is 4.77. The van der Waals surface area contributed by atoms with Crippen molar-refractivity contribution in [3.05, 3.63) is 94.4 Å². The van der Waals surface area contributed by atoms with Gasteiger partial charge in [0, 0.05) is 48.4 Å². The van der Waals surface area contributed by atoms with E-state index in [-0.39, 0.29) is 11.5 Å². The van der Waals surface area contributed by atoms with E-state index in [4.69, 9.17) is 19.4 Å². The van der Waals surface area contributed by atoms with Gasteiger partial charge in [0.05, 0.1) is 0 Å². The number of benzene rings is 2. The molecule has 2 aliphatic rings. The Hall–Kier alpha value is -4.26. The molecule has 0 spiro atoms. The second-order valence-corrected chi connectivity index (χ2v) is 9.88. The van der Waals surface area contributed by atoms with Gasteiger partial charge in [0.2, 0.25) is 17.1 Å². The summed E-state index contributed by atoms with van der Waals surface area (Å²) in [5, 5.41) is 0. The van der Waals surface area contributed by atoms with Gasteiger partial charge in [-0.2, -0.15) is 4.98 Å². The maximum Gasteiger partial charge on any atom is 0.250 e. The van der Waals surface area contributed by atoms with Crippen LogP contribution in [0.3, 0.4) is 0 Å². The summed E-state index contributed by atoms with van der Waals surface area (Å²) in [5.41, 5.74) is 5.39. The first-order valence-electron chi connectivity index (χ1n) is 12.4. The van der Waals surface area contributed by atoms with Crippen molar-refractivity contribution in [2.45, 2.75) is 25.8 Å². The van der Waals surface area contributed by atoms with Crippen molar-refractivity contribution < 1.29 is 4.42 Å². The standard InChI is InChI=1S/C29H25N5O2/c1-18-10-12-20(13-11-18)26-30-27-25(36-29(32-27)21-6-3-2-4-7-21)28(31-26)33-15-19-14-22(17-33)23-8-5-9-24(35)34(23)16-19/h2-13,19,22H,14-17H2,1H3. The molecule has 36 heavy (non-hydrogen) atoms. The zero-order valence-electron chi connectivity index (χ0n) is 20.0. The number of anilines is 1. The Morgan fingerprint density at radius 2 is 1.67 bits per heavy atom. The molecular formula is C29H25N5O2. The van der Waals surface area contributed by atoms with Gasteiger partial charge in [-0.25, -0.2) is 9.97 Å². The van der Waals surface area contributed by atoms with Crippen LogP contribution < -0.4 is 10.5 Å². The number of nitrogens with zero attached hydrogens (tertiary/aromatic N) is 5. The monoisotopic (exact) mass is 475 g/mol. The van der Waals surface area contributed by atoms with E-state index in [2.05, 4.69) is 30.0 Å². The van der Waals surface area contributed by atoms with Crippen molar-refractivity contribution in [2.24, 2.45) is 5.92 Å². The number of piperidine rings is 1. The van der Waals surface area contributed by atoms with E-state index in [0.29, 0.717) is 28.9 Å². The highest BCUT2D eigenvalue weighted by Crippen LogP contribution is 2.39. The van der Waals surface area contributed by atoms with Crippen LogP contribution in [0.4, 0.5) is 5.82 Å². The van der Waals surface area contributed by atoms with Gasteiger partial charge in [-0.05, 0) is 37.5 Å². The lowest BCUT2D eigenvalue weighted by atomic mass is 9.83. The number of hydrogen-bond donors (Lipinski definition) is 0. The number of oxazole rings is 1. The fourth-order valence-electron chi connectivity index (χ4n) is 5.63. The minimum Gasteiger partial charge on any atom is -0.430 e. The van der Waals surface area contributed by atoms with E-state index >= 15 is 0 Å². The second kappa shape index (κ2) is 8.16. The Balaban J connectivity index is 1.37. The number of pyridine rings is 1. The van der Waals surface area contributed by atoms with Crippen LogP contribution in [0.25, 0.3) is 34.1 Å². The first-order chi connectivity index (χ1) is 17.6. The Bertz CT molecular complexity index is 1640. The van der Waals surface area contributed by atoms with Crippen LogP contribution >= 0.6 is 0 Å². The molecule has 0 radical (unpaired) electrons. The number of fused-ring (bicyclic) bond motifs is 5. The molecule has 3 aromatic heterocycles. The first kappa shape index (κ1) is 21.1. The second-order valence-electron chi connectivity index (χ2n) is 9.88. The Morgan fingerprint density at radius 1 is 0.833 bits per heavy atom. The summed E-state index contributed by atoms with van der Waals surface area (Å²) >= 11 is 0. The summed E-state index contributed by atoms with van der Waals surface area (Å²) in [5.74, 6) is 2.57. The number of aryl methyl sites for hydroxylation is 1. The number of hydrogen-bond acceptors (Lipinski definition) is 6. The van der Waals surface area contributed by atoms with E-state index in [9.17, 15) is 4.79 Å². The molecule has 0 N–H and O–H groups in total. The molecule has 2 bridgehead atoms. The summed E-state index contributed by atoms with van der Waals surface area (Å²) in [7, 11) is 0. The lowest BCUT2D eigenvalue weighted by Crippen LogP contribution is -2.47. The molecule has 1 fully saturated rings. The minimum absolute atomic E-state index is 0.0875. The van der Waals surface area contributed by atoms with Gasteiger partial charge in [0.15, 0.2) is 11.6 Å². The molecule has 0 aliphatic carbocycles. The van der Waals surface area contributed by atoms with Gasteiger partial charge in [0.1, 0.15) is 0 Å². The maximum atomic E-state index is 12.5. The Morgan fingerprint density at radius 3 is 2.50 bits per heavy atom. The third-order valence-corrected chi connectivity index (χ3v) is 7.35. The molecule has 7 heteroatoms. The predicted molar refractivity (Wildman–Crippen MR) is 139 cm³/mol. The molecule has 0 amide bonds. The molecular weight excluding hydrogens is 450 g/mol. The van der Waals surface area contributed by atoms with E-state index < -0.39 is 0 Å². The van der Waals surface area contributed by atoms with Gasteiger partial charge in [0.25, 0.3) is 5.56 Å². The zero-order chi connectivity index (χ0) is 24.2. The predicted octanol–water partition coefficient (Wildman–Crippen LogP) is 5.05. The average molecular weight is 476 g/mol. The normalized spacial score (nSPS) is 18.9. The summed E-state index contributed by atoms with van der Waals surface area (Å²) in [6.45, 7) is 4.37. The average Bonchev–Trinajstić information content (AvgIpc) is 3.34.